The molecule has 0 bridgehead atoms. The second-order valence-electron chi connectivity index (χ2n) is 2.17. The summed E-state index contributed by atoms with van der Waals surface area (Å²) < 4.78 is 0. The normalized spacial score (nSPS) is 7.31. The first-order chi connectivity index (χ1) is 5.52. The Labute approximate surface area is 175 Å². The van der Waals surface area contributed by atoms with Crippen LogP contribution in [0.2, 0.25) is 0 Å². The molecule has 0 aliphatic carbocycles. The van der Waals surface area contributed by atoms with Gasteiger partial charge in [0.25, 0.3) is 0 Å². The molecule has 16 heavy (non-hydrogen) atoms. The van der Waals surface area contributed by atoms with Crippen molar-refractivity contribution in [1.29, 1.82) is 0 Å². The third kappa shape index (κ3) is 7.32. The van der Waals surface area contributed by atoms with Gasteiger partial charge in [-0.25, -0.2) is 4.79 Å². The number of thiol groups is 1. The Morgan fingerprint density at radius 3 is 2.06 bits per heavy atom. The predicted molar refractivity (Wildman–Crippen MR) is 58.1 cm³/mol. The summed E-state index contributed by atoms with van der Waals surface area (Å²) in [5, 5.41) is 26.5. The summed E-state index contributed by atoms with van der Waals surface area (Å²) in [6.07, 6.45) is 0. The minimum atomic E-state index is -1.18. The maximum atomic E-state index is 10.4. The summed E-state index contributed by atoms with van der Waals surface area (Å²) in [7, 11) is 0. The molecule has 0 atom stereocenters. The van der Waals surface area contributed by atoms with Crippen LogP contribution in [-0.2, 0) is 22.4 Å². The molecule has 5 radical (unpaired) electrons. The van der Waals surface area contributed by atoms with Crippen molar-refractivity contribution in [3.05, 3.63) is 17.7 Å². The van der Waals surface area contributed by atoms with Crippen LogP contribution < -0.4 is 51.4 Å². The van der Waals surface area contributed by atoms with Crippen LogP contribution in [0.5, 0.6) is 11.5 Å². The van der Waals surface area contributed by atoms with Crippen LogP contribution in [-0.4, -0.2) is 38.9 Å². The molecule has 0 aliphatic rings. The van der Waals surface area contributed by atoms with Gasteiger partial charge in [-0.1, -0.05) is 0 Å². The van der Waals surface area contributed by atoms with Gasteiger partial charge in [0, 0.05) is 40.0 Å². The van der Waals surface area contributed by atoms with Crippen LogP contribution in [0.4, 0.5) is 0 Å². The third-order valence-electron chi connectivity index (χ3n) is 1.32. The Morgan fingerprint density at radius 2 is 1.75 bits per heavy atom. The van der Waals surface area contributed by atoms with Crippen molar-refractivity contribution in [2.45, 2.75) is 4.90 Å². The zero-order chi connectivity index (χ0) is 9.30. The Kier molecular flexibility index (Phi) is 19.7. The van der Waals surface area contributed by atoms with E-state index in [2.05, 4.69) is 12.6 Å². The molecule has 89 valence electrons. The van der Waals surface area contributed by atoms with Gasteiger partial charge in [0.2, 0.25) is 0 Å². The van der Waals surface area contributed by atoms with Gasteiger partial charge >= 0.3 is 57.4 Å². The minimum Gasteiger partial charge on any atom is -1.00 e. The molecule has 0 fully saturated rings. The zero-order valence-electron chi connectivity index (χ0n) is 9.06. The number of carbonyl (C=O) groups is 1. The van der Waals surface area contributed by atoms with Gasteiger partial charge in [-0.3, -0.25) is 0 Å². The monoisotopic (exact) mass is 443 g/mol. The molecule has 1 aromatic carbocycles. The maximum absolute atomic E-state index is 10.4. The number of aromatic hydroxyl groups is 2. The summed E-state index contributed by atoms with van der Waals surface area (Å²) in [5.41, 5.74) is -0.115. The predicted octanol–water partition coefficient (Wildman–Crippen LogP) is -1.76. The van der Waals surface area contributed by atoms with Gasteiger partial charge < -0.3 is 16.7 Å². The van der Waals surface area contributed by atoms with E-state index in [1.54, 1.807) is 0 Å². The molecular formula is C7H8AgClGeKO4S. The third-order valence-corrected chi connectivity index (χ3v) is 1.66. The van der Waals surface area contributed by atoms with Crippen LogP contribution in [0.3, 0.4) is 0 Å². The first kappa shape index (κ1) is 26.4. The molecule has 3 N–H and O–H groups in total. The van der Waals surface area contributed by atoms with Crippen molar-refractivity contribution >= 4 is 48.6 Å². The van der Waals surface area contributed by atoms with Gasteiger partial charge in [-0.05, 0) is 12.1 Å². The Morgan fingerprint density at radius 1 is 1.31 bits per heavy atom. The Balaban J connectivity index is -0.0000000960. The van der Waals surface area contributed by atoms with Crippen molar-refractivity contribution in [2.75, 3.05) is 0 Å². The van der Waals surface area contributed by atoms with Crippen molar-refractivity contribution in [1.82, 2.24) is 0 Å². The molecule has 0 heterocycles. The van der Waals surface area contributed by atoms with Gasteiger partial charge in [-0.2, -0.15) is 0 Å². The number of halogens is 1. The second kappa shape index (κ2) is 11.9. The van der Waals surface area contributed by atoms with E-state index in [9.17, 15) is 4.79 Å². The SMILES string of the molecule is Cl.O=C(O)c1cc(O)c(O)c(S)c1.[Ag].[Ge].[H-].[K+]. The van der Waals surface area contributed by atoms with E-state index >= 15 is 0 Å². The number of hydrogen-bond acceptors (Lipinski definition) is 4. The van der Waals surface area contributed by atoms with Crippen molar-refractivity contribution in [2.24, 2.45) is 0 Å². The molecular weight excluding hydrogens is 435 g/mol. The number of phenols is 2. The first-order valence-electron chi connectivity index (χ1n) is 3.00. The number of aromatic carboxylic acids is 1. The van der Waals surface area contributed by atoms with Gasteiger partial charge in [0.05, 0.1) is 10.5 Å². The summed E-state index contributed by atoms with van der Waals surface area (Å²) in [5.74, 6) is -2.08. The molecule has 1 rings (SSSR count). The fourth-order valence-electron chi connectivity index (χ4n) is 0.728. The van der Waals surface area contributed by atoms with E-state index in [-0.39, 0.29) is 116 Å². The second-order valence-corrected chi connectivity index (χ2v) is 2.65. The molecule has 0 saturated heterocycles. The average Bonchev–Trinajstić information content (AvgIpc) is 1.99. The fourth-order valence-corrected chi connectivity index (χ4v) is 0.981. The molecule has 0 spiro atoms. The van der Waals surface area contributed by atoms with Crippen LogP contribution >= 0.6 is 25.0 Å². The number of carboxylic acid groups (broad SMARTS) is 1. The van der Waals surface area contributed by atoms with Crippen LogP contribution in [0.1, 0.15) is 11.8 Å². The zero-order valence-corrected chi connectivity index (χ0v) is 16.5. The molecule has 4 nitrogen and oxygen atoms in total. The van der Waals surface area contributed by atoms with E-state index < -0.39 is 17.5 Å². The van der Waals surface area contributed by atoms with E-state index in [0.717, 1.165) is 12.1 Å². The van der Waals surface area contributed by atoms with E-state index in [1.165, 1.54) is 0 Å². The maximum Gasteiger partial charge on any atom is 1.00 e. The summed E-state index contributed by atoms with van der Waals surface area (Å²) in [6, 6.07) is 2.11. The fraction of sp³-hybridized carbons (Fsp3) is 0. The van der Waals surface area contributed by atoms with Crippen LogP contribution in [0.15, 0.2) is 17.0 Å². The van der Waals surface area contributed by atoms with Gasteiger partial charge in [0.1, 0.15) is 0 Å². The number of carboxylic acids is 1. The van der Waals surface area contributed by atoms with Crippen molar-refractivity contribution in [3.8, 4) is 11.5 Å². The molecule has 0 unspecified atom stereocenters. The topological polar surface area (TPSA) is 77.8 Å². The summed E-state index contributed by atoms with van der Waals surface area (Å²) >= 11 is 3.76. The molecule has 0 amide bonds. The largest absolute Gasteiger partial charge is 1.00 e. The summed E-state index contributed by atoms with van der Waals surface area (Å²) in [6.45, 7) is 0. The number of hydrogen-bond donors (Lipinski definition) is 4. The van der Waals surface area contributed by atoms with Gasteiger partial charge in [-0.15, -0.1) is 25.0 Å². The molecule has 0 aromatic heterocycles. The quantitative estimate of drug-likeness (QED) is 0.236. The number of phenolic OH excluding ortho intramolecular Hbond substituents is 2. The summed E-state index contributed by atoms with van der Waals surface area (Å²) in [4.78, 5) is 10.4. The standard InChI is InChI=1S/C7H6O4S.Ag.ClH.Ge.K.H/c8-4-1-3(7(10)11)2-5(12)6(4)9;;;;;/h1-2,8-9,12H,(H,10,11);;1H;;;/q;;;;+1;-1. The molecule has 1 aromatic rings. The molecule has 0 aliphatic heterocycles. The van der Waals surface area contributed by atoms with Gasteiger partial charge in [0.15, 0.2) is 11.5 Å². The average molecular weight is 443 g/mol. The van der Waals surface area contributed by atoms with Crippen LogP contribution in [0, 0.1) is 0 Å². The van der Waals surface area contributed by atoms with Crippen LogP contribution in [0.25, 0.3) is 0 Å². The number of benzene rings is 1. The van der Waals surface area contributed by atoms with E-state index in [0.29, 0.717) is 0 Å². The Bertz CT molecular complexity index is 338. The molecule has 0 saturated carbocycles. The minimum absolute atomic E-state index is 0. The Hall–Kier alpha value is 1.85. The smallest absolute Gasteiger partial charge is 1.00 e. The number of rotatable bonds is 1. The first-order valence-corrected chi connectivity index (χ1v) is 3.45. The van der Waals surface area contributed by atoms with E-state index in [1.807, 2.05) is 0 Å². The van der Waals surface area contributed by atoms with Crippen molar-refractivity contribution in [3.63, 3.8) is 0 Å². The molecule has 9 heteroatoms. The van der Waals surface area contributed by atoms with E-state index in [4.69, 9.17) is 15.3 Å². The van der Waals surface area contributed by atoms with Crippen molar-refractivity contribution < 1.29 is 95.3 Å².